The smallest absolute Gasteiger partial charge is 0.0184 e. The Kier molecular flexibility index (Phi) is 19.7. The summed E-state index contributed by atoms with van der Waals surface area (Å²) in [6.45, 7) is 14.9. The Morgan fingerprint density at radius 1 is 0.353 bits per heavy atom. The lowest BCUT2D eigenvalue weighted by Gasteiger charge is -2.00. The monoisotopic (exact) mass is 454 g/mol. The van der Waals surface area contributed by atoms with Crippen molar-refractivity contribution in [2.75, 3.05) is 0 Å². The molecule has 0 fully saturated rings. The molecule has 0 heterocycles. The molecule has 4 rings (SSSR count). The van der Waals surface area contributed by atoms with Gasteiger partial charge >= 0.3 is 0 Å². The molecular formula is C34H46. The number of hydrogen-bond acceptors (Lipinski definition) is 0. The summed E-state index contributed by atoms with van der Waals surface area (Å²) in [6, 6.07) is 39.5. The number of hydrogen-bond donors (Lipinski definition) is 0. The van der Waals surface area contributed by atoms with Gasteiger partial charge in [0.15, 0.2) is 0 Å². The lowest BCUT2D eigenvalue weighted by molar-refractivity contribution is 0.886. The van der Waals surface area contributed by atoms with E-state index in [1.807, 2.05) is 42.5 Å². The molecule has 34 heavy (non-hydrogen) atoms. The highest BCUT2D eigenvalue weighted by molar-refractivity contribution is 5.63. The standard InChI is InChI=1S/C13H12.2C7H8.C4H10.C3H8/c1-11-7-9-13(10-8-11)12-5-3-2-4-6-12;2*1-7-5-3-2-4-6-7;1-3-4-2;1-3-2/h2-10H,1H3;2*2-6H,1H3;3-4H2,1-2H3;3H2,1-2H3. The molecule has 0 aromatic heterocycles. The predicted octanol–water partition coefficient (Wildman–Crippen LogP) is 10.9. The Balaban J connectivity index is 0.000000445. The van der Waals surface area contributed by atoms with E-state index in [4.69, 9.17) is 0 Å². The van der Waals surface area contributed by atoms with Gasteiger partial charge in [0.25, 0.3) is 0 Å². The second kappa shape index (κ2) is 21.7. The van der Waals surface area contributed by atoms with E-state index in [2.05, 4.69) is 121 Å². The van der Waals surface area contributed by atoms with E-state index in [1.165, 1.54) is 47.1 Å². The highest BCUT2D eigenvalue weighted by atomic mass is 14.0. The van der Waals surface area contributed by atoms with Crippen molar-refractivity contribution in [1.29, 1.82) is 0 Å². The minimum atomic E-state index is 1.25. The second-order valence-corrected chi connectivity index (χ2v) is 8.25. The van der Waals surface area contributed by atoms with E-state index in [1.54, 1.807) is 0 Å². The van der Waals surface area contributed by atoms with Crippen LogP contribution in [0.2, 0.25) is 0 Å². The van der Waals surface area contributed by atoms with Gasteiger partial charge in [-0.1, -0.05) is 179 Å². The topological polar surface area (TPSA) is 0 Å². The van der Waals surface area contributed by atoms with Crippen LogP contribution in [0.3, 0.4) is 0 Å². The molecular weight excluding hydrogens is 408 g/mol. The van der Waals surface area contributed by atoms with E-state index in [9.17, 15) is 0 Å². The van der Waals surface area contributed by atoms with E-state index in [0.717, 1.165) is 0 Å². The van der Waals surface area contributed by atoms with E-state index >= 15 is 0 Å². The summed E-state index contributed by atoms with van der Waals surface area (Å²) >= 11 is 0. The van der Waals surface area contributed by atoms with Crippen molar-refractivity contribution in [2.45, 2.75) is 67.7 Å². The molecule has 4 aromatic carbocycles. The number of aryl methyl sites for hydroxylation is 3. The SMILES string of the molecule is CCC.CCCC.Cc1ccc(-c2ccccc2)cc1.Cc1ccccc1.Cc1ccccc1. The Hall–Kier alpha value is -3.12. The zero-order chi connectivity index (χ0) is 25.4. The van der Waals surface area contributed by atoms with Gasteiger partial charge < -0.3 is 0 Å². The third-order valence-corrected chi connectivity index (χ3v) is 4.54. The van der Waals surface area contributed by atoms with Crippen LogP contribution in [-0.2, 0) is 0 Å². The first kappa shape index (κ1) is 30.9. The Bertz CT molecular complexity index is 868. The fraction of sp³-hybridized carbons (Fsp3) is 0.294. The molecule has 0 nitrogen and oxygen atoms in total. The van der Waals surface area contributed by atoms with Crippen LogP contribution in [0.15, 0.2) is 115 Å². The summed E-state index contributed by atoms with van der Waals surface area (Å²) in [4.78, 5) is 0. The van der Waals surface area contributed by atoms with Gasteiger partial charge in [-0.15, -0.1) is 0 Å². The van der Waals surface area contributed by atoms with Crippen LogP contribution in [0.1, 0.15) is 63.6 Å². The van der Waals surface area contributed by atoms with Gasteiger partial charge in [-0.3, -0.25) is 0 Å². The number of rotatable bonds is 2. The van der Waals surface area contributed by atoms with Crippen molar-refractivity contribution in [3.05, 3.63) is 132 Å². The molecule has 0 aliphatic carbocycles. The van der Waals surface area contributed by atoms with Gasteiger partial charge in [-0.2, -0.15) is 0 Å². The van der Waals surface area contributed by atoms with Crippen molar-refractivity contribution < 1.29 is 0 Å². The lowest BCUT2D eigenvalue weighted by atomic mass is 10.0. The normalized spacial score (nSPS) is 8.79. The number of unbranched alkanes of at least 4 members (excludes halogenated alkanes) is 1. The Labute approximate surface area is 210 Å². The molecule has 0 spiro atoms. The first-order valence-corrected chi connectivity index (χ1v) is 12.6. The van der Waals surface area contributed by atoms with Crippen LogP contribution < -0.4 is 0 Å². The molecule has 0 amide bonds. The summed E-state index contributed by atoms with van der Waals surface area (Å²) in [5.74, 6) is 0. The predicted molar refractivity (Wildman–Crippen MR) is 156 cm³/mol. The largest absolute Gasteiger partial charge is 0.0656 e. The van der Waals surface area contributed by atoms with Crippen LogP contribution in [-0.4, -0.2) is 0 Å². The summed E-state index contributed by atoms with van der Waals surface area (Å²) < 4.78 is 0. The lowest BCUT2D eigenvalue weighted by Crippen LogP contribution is -1.76. The van der Waals surface area contributed by atoms with Gasteiger partial charge in [0.2, 0.25) is 0 Å². The van der Waals surface area contributed by atoms with Crippen LogP contribution in [0.4, 0.5) is 0 Å². The molecule has 182 valence electrons. The van der Waals surface area contributed by atoms with Crippen LogP contribution in [0.25, 0.3) is 11.1 Å². The van der Waals surface area contributed by atoms with Crippen molar-refractivity contribution in [2.24, 2.45) is 0 Å². The molecule has 0 atom stereocenters. The average Bonchev–Trinajstić information content (AvgIpc) is 2.87. The maximum atomic E-state index is 2.18. The zero-order valence-corrected chi connectivity index (χ0v) is 22.6. The highest BCUT2D eigenvalue weighted by Gasteiger charge is 1.93. The van der Waals surface area contributed by atoms with Crippen LogP contribution in [0.5, 0.6) is 0 Å². The van der Waals surface area contributed by atoms with Gasteiger partial charge in [-0.05, 0) is 31.9 Å². The quantitative estimate of drug-likeness (QED) is 0.282. The molecule has 0 radical (unpaired) electrons. The van der Waals surface area contributed by atoms with Crippen molar-refractivity contribution in [3.8, 4) is 11.1 Å². The second-order valence-electron chi connectivity index (χ2n) is 8.25. The molecule has 0 aliphatic rings. The van der Waals surface area contributed by atoms with Crippen molar-refractivity contribution in [3.63, 3.8) is 0 Å². The molecule has 0 saturated heterocycles. The minimum Gasteiger partial charge on any atom is -0.0656 e. The Morgan fingerprint density at radius 3 is 0.882 bits per heavy atom. The van der Waals surface area contributed by atoms with Crippen molar-refractivity contribution >= 4 is 0 Å². The van der Waals surface area contributed by atoms with Gasteiger partial charge in [0.05, 0.1) is 0 Å². The first-order chi connectivity index (χ1) is 16.5. The van der Waals surface area contributed by atoms with Crippen LogP contribution >= 0.6 is 0 Å². The zero-order valence-electron chi connectivity index (χ0n) is 22.6. The molecule has 0 aliphatic heterocycles. The van der Waals surface area contributed by atoms with Gasteiger partial charge in [0, 0.05) is 0 Å². The van der Waals surface area contributed by atoms with Crippen molar-refractivity contribution in [1.82, 2.24) is 0 Å². The molecule has 0 N–H and O–H groups in total. The van der Waals surface area contributed by atoms with Crippen LogP contribution in [0, 0.1) is 20.8 Å². The third-order valence-electron chi connectivity index (χ3n) is 4.54. The molecule has 4 aromatic rings. The minimum absolute atomic E-state index is 1.25. The Morgan fingerprint density at radius 2 is 0.618 bits per heavy atom. The maximum Gasteiger partial charge on any atom is -0.0184 e. The summed E-state index contributed by atoms with van der Waals surface area (Å²) in [5.41, 5.74) is 6.51. The fourth-order valence-corrected chi connectivity index (χ4v) is 2.45. The molecule has 0 bridgehead atoms. The molecule has 0 unspecified atom stereocenters. The number of benzene rings is 4. The highest BCUT2D eigenvalue weighted by Crippen LogP contribution is 2.18. The van der Waals surface area contributed by atoms with Gasteiger partial charge in [-0.25, -0.2) is 0 Å². The third kappa shape index (κ3) is 17.4. The fourth-order valence-electron chi connectivity index (χ4n) is 2.45. The molecule has 0 heteroatoms. The first-order valence-electron chi connectivity index (χ1n) is 12.6. The summed E-state index contributed by atoms with van der Waals surface area (Å²) in [6.07, 6.45) is 3.89. The molecule has 0 saturated carbocycles. The van der Waals surface area contributed by atoms with E-state index in [0.29, 0.717) is 0 Å². The van der Waals surface area contributed by atoms with Gasteiger partial charge in [0.1, 0.15) is 0 Å². The summed E-state index contributed by atoms with van der Waals surface area (Å²) in [7, 11) is 0. The van der Waals surface area contributed by atoms with E-state index in [-0.39, 0.29) is 0 Å². The maximum absolute atomic E-state index is 2.18. The van der Waals surface area contributed by atoms with E-state index < -0.39 is 0 Å². The summed E-state index contributed by atoms with van der Waals surface area (Å²) in [5, 5.41) is 0. The average molecular weight is 455 g/mol.